The highest BCUT2D eigenvalue weighted by atomic mass is 35.5. The first-order valence-corrected chi connectivity index (χ1v) is 5.11. The number of pyridine rings is 1. The van der Waals surface area contributed by atoms with E-state index in [-0.39, 0.29) is 5.56 Å². The number of alkyl halides is 3. The average Bonchev–Trinajstić information content (AvgIpc) is 2.27. The molecule has 98 valence electrons. The first kappa shape index (κ1) is 14.7. The van der Waals surface area contributed by atoms with Gasteiger partial charge in [-0.25, -0.2) is 4.98 Å². The van der Waals surface area contributed by atoms with E-state index < -0.39 is 35.5 Å². The summed E-state index contributed by atoms with van der Waals surface area (Å²) in [5.74, 6) is 0. The Kier molecular flexibility index (Phi) is 4.51. The zero-order valence-corrected chi connectivity index (χ0v) is 9.57. The third-order valence-corrected chi connectivity index (χ3v) is 2.47. The van der Waals surface area contributed by atoms with Gasteiger partial charge in [-0.05, 0) is 6.07 Å². The second kappa shape index (κ2) is 5.52. The number of hydrogen-bond donors (Lipinski definition) is 2. The molecule has 18 heavy (non-hydrogen) atoms. The molecule has 2 N–H and O–H groups in total. The first-order valence-electron chi connectivity index (χ1n) is 4.73. The topological polar surface area (TPSA) is 77.1 Å². The maximum atomic E-state index is 12.5. The summed E-state index contributed by atoms with van der Waals surface area (Å²) in [7, 11) is 0. The molecule has 1 aromatic rings. The molecule has 4 nitrogen and oxygen atoms in total. The summed E-state index contributed by atoms with van der Waals surface area (Å²) < 4.78 is 37.6. The molecular formula is C10H8ClF3N2O2. The van der Waals surface area contributed by atoms with Crippen LogP contribution in [-0.4, -0.2) is 21.3 Å². The molecule has 0 bridgehead atoms. The Bertz CT molecular complexity index is 473. The SMILES string of the molecule is N#CCC(O)C(O)c1cnc(Cl)c(C(F)(F)F)c1. The highest BCUT2D eigenvalue weighted by molar-refractivity contribution is 6.30. The van der Waals surface area contributed by atoms with Gasteiger partial charge in [0.2, 0.25) is 0 Å². The van der Waals surface area contributed by atoms with Crippen LogP contribution in [0.25, 0.3) is 0 Å². The van der Waals surface area contributed by atoms with E-state index in [1.54, 1.807) is 6.07 Å². The molecule has 8 heteroatoms. The third kappa shape index (κ3) is 3.32. The molecule has 0 aliphatic heterocycles. The molecule has 0 aliphatic rings. The Morgan fingerprint density at radius 3 is 2.56 bits per heavy atom. The van der Waals surface area contributed by atoms with E-state index in [0.29, 0.717) is 6.07 Å². The van der Waals surface area contributed by atoms with Gasteiger partial charge in [0.1, 0.15) is 11.3 Å². The molecule has 0 saturated carbocycles. The van der Waals surface area contributed by atoms with Crippen LogP contribution in [0.15, 0.2) is 12.3 Å². The van der Waals surface area contributed by atoms with E-state index >= 15 is 0 Å². The van der Waals surface area contributed by atoms with E-state index in [4.69, 9.17) is 16.9 Å². The fourth-order valence-corrected chi connectivity index (χ4v) is 1.46. The summed E-state index contributed by atoms with van der Waals surface area (Å²) in [5, 5.41) is 26.4. The summed E-state index contributed by atoms with van der Waals surface area (Å²) in [6, 6.07) is 2.19. The highest BCUT2D eigenvalue weighted by Gasteiger charge is 2.35. The van der Waals surface area contributed by atoms with Crippen molar-refractivity contribution in [3.8, 4) is 6.07 Å². The maximum absolute atomic E-state index is 12.5. The van der Waals surface area contributed by atoms with Crippen LogP contribution in [0, 0.1) is 11.3 Å². The van der Waals surface area contributed by atoms with Crippen molar-refractivity contribution in [3.63, 3.8) is 0 Å². The normalized spacial score (nSPS) is 14.9. The summed E-state index contributed by atoms with van der Waals surface area (Å²) in [6.45, 7) is 0. The molecule has 0 aromatic carbocycles. The Morgan fingerprint density at radius 1 is 1.44 bits per heavy atom. The van der Waals surface area contributed by atoms with Crippen molar-refractivity contribution in [2.24, 2.45) is 0 Å². The molecule has 2 atom stereocenters. The van der Waals surface area contributed by atoms with Gasteiger partial charge in [-0.3, -0.25) is 0 Å². The Morgan fingerprint density at radius 2 is 2.06 bits per heavy atom. The Hall–Kier alpha value is -1.36. The fourth-order valence-electron chi connectivity index (χ4n) is 1.25. The number of nitriles is 1. The van der Waals surface area contributed by atoms with Crippen LogP contribution in [-0.2, 0) is 6.18 Å². The molecule has 0 spiro atoms. The number of aromatic nitrogens is 1. The summed E-state index contributed by atoms with van der Waals surface area (Å²) in [4.78, 5) is 3.30. The van der Waals surface area contributed by atoms with Gasteiger partial charge in [-0.2, -0.15) is 18.4 Å². The van der Waals surface area contributed by atoms with Gasteiger partial charge < -0.3 is 10.2 Å². The van der Waals surface area contributed by atoms with Gasteiger partial charge in [-0.1, -0.05) is 11.6 Å². The van der Waals surface area contributed by atoms with E-state index in [9.17, 15) is 23.4 Å². The van der Waals surface area contributed by atoms with E-state index in [0.717, 1.165) is 6.20 Å². The lowest BCUT2D eigenvalue weighted by molar-refractivity contribution is -0.137. The van der Waals surface area contributed by atoms with Gasteiger partial charge in [0.05, 0.1) is 24.2 Å². The molecule has 0 saturated heterocycles. The van der Waals surface area contributed by atoms with Crippen molar-refractivity contribution in [2.75, 3.05) is 0 Å². The molecule has 1 heterocycles. The lowest BCUT2D eigenvalue weighted by Crippen LogP contribution is -2.19. The summed E-state index contributed by atoms with van der Waals surface area (Å²) in [5.41, 5.74) is -1.46. The standard InChI is InChI=1S/C10H8ClF3N2O2/c11-9-6(10(12,13)14)3-5(4-16-9)8(18)7(17)1-2-15/h3-4,7-8,17-18H,1H2. The molecule has 0 aliphatic carbocycles. The van der Waals surface area contributed by atoms with Gasteiger partial charge >= 0.3 is 6.18 Å². The van der Waals surface area contributed by atoms with Crippen molar-refractivity contribution in [1.29, 1.82) is 5.26 Å². The summed E-state index contributed by atoms with van der Waals surface area (Å²) >= 11 is 5.30. The van der Waals surface area contributed by atoms with Crippen LogP contribution >= 0.6 is 11.6 Å². The number of hydrogen-bond acceptors (Lipinski definition) is 4. The molecule has 2 unspecified atom stereocenters. The molecule has 0 amide bonds. The van der Waals surface area contributed by atoms with Crippen molar-refractivity contribution in [1.82, 2.24) is 4.98 Å². The van der Waals surface area contributed by atoms with Crippen molar-refractivity contribution < 1.29 is 23.4 Å². The maximum Gasteiger partial charge on any atom is 0.419 e. The van der Waals surface area contributed by atoms with Crippen LogP contribution in [0.2, 0.25) is 5.15 Å². The first-order chi connectivity index (χ1) is 8.27. The monoisotopic (exact) mass is 280 g/mol. The van der Waals surface area contributed by atoms with Crippen molar-refractivity contribution in [2.45, 2.75) is 24.8 Å². The minimum absolute atomic E-state index is 0.255. The number of halogens is 4. The largest absolute Gasteiger partial charge is 0.419 e. The van der Waals surface area contributed by atoms with Crippen LogP contribution in [0.5, 0.6) is 0 Å². The molecule has 1 aromatic heterocycles. The smallest absolute Gasteiger partial charge is 0.389 e. The lowest BCUT2D eigenvalue weighted by Gasteiger charge is -2.17. The Balaban J connectivity index is 3.10. The van der Waals surface area contributed by atoms with Crippen LogP contribution in [0.4, 0.5) is 13.2 Å². The molecule has 0 fully saturated rings. The van der Waals surface area contributed by atoms with E-state index in [2.05, 4.69) is 4.98 Å². The predicted octanol–water partition coefficient (Wildman–Crippen LogP) is 2.06. The van der Waals surface area contributed by atoms with E-state index in [1.165, 1.54) is 0 Å². The minimum atomic E-state index is -4.71. The molecular weight excluding hydrogens is 273 g/mol. The highest BCUT2D eigenvalue weighted by Crippen LogP contribution is 2.35. The molecule has 0 radical (unpaired) electrons. The fraction of sp³-hybridized carbons (Fsp3) is 0.400. The number of nitrogens with zero attached hydrogens (tertiary/aromatic N) is 2. The number of rotatable bonds is 3. The van der Waals surface area contributed by atoms with Gasteiger partial charge in [0.25, 0.3) is 0 Å². The minimum Gasteiger partial charge on any atom is -0.389 e. The second-order valence-corrected chi connectivity index (χ2v) is 3.84. The van der Waals surface area contributed by atoms with Crippen molar-refractivity contribution >= 4 is 11.6 Å². The second-order valence-electron chi connectivity index (χ2n) is 3.48. The predicted molar refractivity (Wildman–Crippen MR) is 55.4 cm³/mol. The van der Waals surface area contributed by atoms with E-state index in [1.807, 2.05) is 0 Å². The van der Waals surface area contributed by atoms with Crippen LogP contribution in [0.1, 0.15) is 23.7 Å². The van der Waals surface area contributed by atoms with Crippen LogP contribution < -0.4 is 0 Å². The average molecular weight is 281 g/mol. The van der Waals surface area contributed by atoms with Crippen molar-refractivity contribution in [3.05, 3.63) is 28.5 Å². The zero-order valence-electron chi connectivity index (χ0n) is 8.82. The molecule has 1 rings (SSSR count). The quantitative estimate of drug-likeness (QED) is 0.831. The third-order valence-electron chi connectivity index (χ3n) is 2.17. The zero-order chi connectivity index (χ0) is 13.9. The van der Waals surface area contributed by atoms with Gasteiger partial charge in [0, 0.05) is 11.8 Å². The van der Waals surface area contributed by atoms with Gasteiger partial charge in [-0.15, -0.1) is 0 Å². The van der Waals surface area contributed by atoms with Crippen LogP contribution in [0.3, 0.4) is 0 Å². The number of aliphatic hydroxyl groups excluding tert-OH is 2. The lowest BCUT2D eigenvalue weighted by atomic mass is 10.0. The Labute approximate surface area is 105 Å². The number of aliphatic hydroxyl groups is 2. The summed E-state index contributed by atoms with van der Waals surface area (Å²) in [6.07, 6.45) is -7.32. The van der Waals surface area contributed by atoms with Gasteiger partial charge in [0.15, 0.2) is 0 Å².